The largest absolute Gasteiger partial charge is 0.382 e. The Bertz CT molecular complexity index is 659. The van der Waals surface area contributed by atoms with Crippen LogP contribution in [0.15, 0.2) is 29.2 Å². The molecule has 1 aromatic heterocycles. The second kappa shape index (κ2) is 3.89. The quantitative estimate of drug-likeness (QED) is 0.843. The summed E-state index contributed by atoms with van der Waals surface area (Å²) in [6.45, 7) is 1.77. The van der Waals surface area contributed by atoms with Crippen molar-refractivity contribution in [3.05, 3.63) is 29.8 Å². The Morgan fingerprint density at radius 1 is 1.29 bits per heavy atom. The van der Waals surface area contributed by atoms with Crippen LogP contribution in [-0.4, -0.2) is 24.9 Å². The summed E-state index contributed by atoms with van der Waals surface area (Å²) in [5, 5.41) is 6.56. The SMILES string of the molecule is Cc1ccc(-c2cc(N)n[nH]2)cc1S(C)(=O)=O. The van der Waals surface area contributed by atoms with E-state index in [-0.39, 0.29) is 0 Å². The summed E-state index contributed by atoms with van der Waals surface area (Å²) in [4.78, 5) is 0.322. The minimum absolute atomic E-state index is 0.322. The number of aromatic nitrogens is 2. The first kappa shape index (κ1) is 11.7. The highest BCUT2D eigenvalue weighted by Gasteiger charge is 2.12. The number of aryl methyl sites for hydroxylation is 1. The van der Waals surface area contributed by atoms with Crippen molar-refractivity contribution in [1.29, 1.82) is 0 Å². The van der Waals surface area contributed by atoms with Crippen molar-refractivity contribution in [2.24, 2.45) is 0 Å². The summed E-state index contributed by atoms with van der Waals surface area (Å²) in [6.07, 6.45) is 1.19. The Morgan fingerprint density at radius 2 is 2.00 bits per heavy atom. The number of hydrogen-bond acceptors (Lipinski definition) is 4. The van der Waals surface area contributed by atoms with Gasteiger partial charge in [-0.2, -0.15) is 5.10 Å². The van der Waals surface area contributed by atoms with Gasteiger partial charge in [-0.25, -0.2) is 8.42 Å². The lowest BCUT2D eigenvalue weighted by molar-refractivity contribution is 0.601. The molecule has 1 aromatic carbocycles. The lowest BCUT2D eigenvalue weighted by atomic mass is 10.1. The van der Waals surface area contributed by atoms with Gasteiger partial charge in [-0.05, 0) is 18.6 Å². The standard InChI is InChI=1S/C11H13N3O2S/c1-7-3-4-8(5-10(7)17(2,15)16)9-6-11(12)14-13-9/h3-6H,1-2H3,(H3,12,13,14). The Morgan fingerprint density at radius 3 is 2.53 bits per heavy atom. The van der Waals surface area contributed by atoms with Crippen LogP contribution in [0.2, 0.25) is 0 Å². The van der Waals surface area contributed by atoms with E-state index in [0.717, 1.165) is 11.1 Å². The molecular weight excluding hydrogens is 238 g/mol. The molecule has 0 fully saturated rings. The number of nitrogen functional groups attached to an aromatic ring is 1. The van der Waals surface area contributed by atoms with Gasteiger partial charge in [0.1, 0.15) is 5.82 Å². The van der Waals surface area contributed by atoms with E-state index >= 15 is 0 Å². The summed E-state index contributed by atoms with van der Waals surface area (Å²) >= 11 is 0. The van der Waals surface area contributed by atoms with E-state index in [1.807, 2.05) is 6.07 Å². The number of nitrogens with one attached hydrogen (secondary N) is 1. The number of nitrogens with zero attached hydrogens (tertiary/aromatic N) is 1. The first-order valence-electron chi connectivity index (χ1n) is 5.00. The van der Waals surface area contributed by atoms with Gasteiger partial charge in [0.15, 0.2) is 9.84 Å². The molecule has 17 heavy (non-hydrogen) atoms. The van der Waals surface area contributed by atoms with Crippen LogP contribution in [0.1, 0.15) is 5.56 Å². The molecule has 0 aliphatic rings. The van der Waals surface area contributed by atoms with E-state index in [2.05, 4.69) is 10.2 Å². The van der Waals surface area contributed by atoms with Crippen LogP contribution >= 0.6 is 0 Å². The zero-order valence-electron chi connectivity index (χ0n) is 9.56. The fourth-order valence-electron chi connectivity index (χ4n) is 1.65. The number of sulfone groups is 1. The topological polar surface area (TPSA) is 88.8 Å². The molecule has 3 N–H and O–H groups in total. The zero-order valence-corrected chi connectivity index (χ0v) is 10.4. The molecular formula is C11H13N3O2S. The number of nitrogens with two attached hydrogens (primary N) is 1. The normalized spacial score (nSPS) is 11.6. The molecule has 0 saturated heterocycles. The van der Waals surface area contributed by atoms with Crippen LogP contribution in [0.5, 0.6) is 0 Å². The molecule has 0 amide bonds. The van der Waals surface area contributed by atoms with Crippen molar-refractivity contribution >= 4 is 15.7 Å². The molecule has 2 rings (SSSR count). The highest BCUT2D eigenvalue weighted by molar-refractivity contribution is 7.90. The van der Waals surface area contributed by atoms with Crippen molar-refractivity contribution in [2.75, 3.05) is 12.0 Å². The Kier molecular flexibility index (Phi) is 2.66. The molecule has 90 valence electrons. The lowest BCUT2D eigenvalue weighted by Crippen LogP contribution is -2.00. The van der Waals surface area contributed by atoms with Gasteiger partial charge in [-0.1, -0.05) is 12.1 Å². The summed E-state index contributed by atoms with van der Waals surface area (Å²) in [5.74, 6) is 0.376. The molecule has 2 aromatic rings. The minimum atomic E-state index is -3.22. The third-order valence-corrected chi connectivity index (χ3v) is 3.74. The summed E-state index contributed by atoms with van der Waals surface area (Å²) in [5.41, 5.74) is 7.69. The predicted molar refractivity (Wildman–Crippen MR) is 66.3 cm³/mol. The fraction of sp³-hybridized carbons (Fsp3) is 0.182. The van der Waals surface area contributed by atoms with Gasteiger partial charge in [0.2, 0.25) is 0 Å². The molecule has 0 atom stereocenters. The van der Waals surface area contributed by atoms with E-state index in [4.69, 9.17) is 5.73 Å². The molecule has 0 bridgehead atoms. The number of benzene rings is 1. The van der Waals surface area contributed by atoms with E-state index in [1.54, 1.807) is 25.1 Å². The number of H-pyrrole nitrogens is 1. The Balaban J connectivity index is 2.59. The second-order valence-corrected chi connectivity index (χ2v) is 5.94. The monoisotopic (exact) mass is 251 g/mol. The Labute approximate surface area is 99.6 Å². The van der Waals surface area contributed by atoms with Crippen molar-refractivity contribution in [3.63, 3.8) is 0 Å². The molecule has 0 unspecified atom stereocenters. The average Bonchev–Trinajstić information content (AvgIpc) is 2.64. The van der Waals surface area contributed by atoms with Gasteiger partial charge in [-0.3, -0.25) is 5.10 Å². The maximum Gasteiger partial charge on any atom is 0.175 e. The van der Waals surface area contributed by atoms with Crippen LogP contribution < -0.4 is 5.73 Å². The Hall–Kier alpha value is -1.82. The predicted octanol–water partition coefficient (Wildman–Crippen LogP) is 1.37. The molecule has 5 nitrogen and oxygen atoms in total. The van der Waals surface area contributed by atoms with E-state index < -0.39 is 9.84 Å². The van der Waals surface area contributed by atoms with E-state index in [9.17, 15) is 8.42 Å². The first-order chi connectivity index (χ1) is 7.88. The van der Waals surface area contributed by atoms with Gasteiger partial charge in [0, 0.05) is 17.9 Å². The second-order valence-electron chi connectivity index (χ2n) is 3.96. The average molecular weight is 251 g/mol. The maximum atomic E-state index is 11.6. The van der Waals surface area contributed by atoms with Gasteiger partial charge in [0.05, 0.1) is 10.6 Å². The lowest BCUT2D eigenvalue weighted by Gasteiger charge is -2.05. The fourth-order valence-corrected chi connectivity index (χ4v) is 2.65. The summed E-state index contributed by atoms with van der Waals surface area (Å²) in [7, 11) is -3.22. The highest BCUT2D eigenvalue weighted by Crippen LogP contribution is 2.24. The van der Waals surface area contributed by atoms with Gasteiger partial charge in [0.25, 0.3) is 0 Å². The van der Waals surface area contributed by atoms with Crippen molar-refractivity contribution < 1.29 is 8.42 Å². The highest BCUT2D eigenvalue weighted by atomic mass is 32.2. The minimum Gasteiger partial charge on any atom is -0.382 e. The molecule has 0 saturated carbocycles. The third-order valence-electron chi connectivity index (χ3n) is 2.50. The van der Waals surface area contributed by atoms with Gasteiger partial charge >= 0.3 is 0 Å². The third kappa shape index (κ3) is 2.31. The smallest absolute Gasteiger partial charge is 0.175 e. The van der Waals surface area contributed by atoms with Crippen LogP contribution in [-0.2, 0) is 9.84 Å². The van der Waals surface area contributed by atoms with E-state index in [0.29, 0.717) is 16.4 Å². The maximum absolute atomic E-state index is 11.6. The molecule has 0 radical (unpaired) electrons. The van der Waals surface area contributed by atoms with Gasteiger partial charge in [-0.15, -0.1) is 0 Å². The van der Waals surface area contributed by atoms with Crippen LogP contribution in [0.3, 0.4) is 0 Å². The van der Waals surface area contributed by atoms with Gasteiger partial charge < -0.3 is 5.73 Å². The number of hydrogen-bond donors (Lipinski definition) is 2. The molecule has 6 heteroatoms. The molecule has 0 spiro atoms. The summed E-state index contributed by atoms with van der Waals surface area (Å²) in [6, 6.07) is 6.88. The number of anilines is 1. The van der Waals surface area contributed by atoms with Crippen molar-refractivity contribution in [2.45, 2.75) is 11.8 Å². The van der Waals surface area contributed by atoms with Crippen molar-refractivity contribution in [3.8, 4) is 11.3 Å². The van der Waals surface area contributed by atoms with Crippen LogP contribution in [0, 0.1) is 6.92 Å². The number of rotatable bonds is 2. The summed E-state index contributed by atoms with van der Waals surface area (Å²) < 4.78 is 23.2. The zero-order chi connectivity index (χ0) is 12.6. The van der Waals surface area contributed by atoms with Crippen LogP contribution in [0.25, 0.3) is 11.3 Å². The molecule has 1 heterocycles. The van der Waals surface area contributed by atoms with Crippen LogP contribution in [0.4, 0.5) is 5.82 Å². The first-order valence-corrected chi connectivity index (χ1v) is 6.89. The molecule has 0 aliphatic carbocycles. The molecule has 0 aliphatic heterocycles. The van der Waals surface area contributed by atoms with E-state index in [1.165, 1.54) is 6.26 Å². The number of aromatic amines is 1. The van der Waals surface area contributed by atoms with Crippen molar-refractivity contribution in [1.82, 2.24) is 10.2 Å².